The maximum atomic E-state index is 10.5. The molecule has 1 heterocycles. The number of piperidine rings is 1. The number of nitrogens with two attached hydrogens (primary N) is 1. The molecule has 2 aromatic carbocycles. The highest BCUT2D eigenvalue weighted by Gasteiger charge is 2.36. The Morgan fingerprint density at radius 1 is 0.952 bits per heavy atom. The molecule has 21 heavy (non-hydrogen) atoms. The fourth-order valence-electron chi connectivity index (χ4n) is 3.35. The zero-order valence-corrected chi connectivity index (χ0v) is 12.1. The molecule has 2 atom stereocenters. The van der Waals surface area contributed by atoms with E-state index < -0.39 is 6.10 Å². The van der Waals surface area contributed by atoms with Gasteiger partial charge in [-0.2, -0.15) is 0 Å². The predicted octanol–water partition coefficient (Wildman–Crippen LogP) is 2.52. The molecule has 110 valence electrons. The van der Waals surface area contributed by atoms with Crippen molar-refractivity contribution in [3.63, 3.8) is 0 Å². The van der Waals surface area contributed by atoms with Gasteiger partial charge >= 0.3 is 0 Å². The molecule has 3 rings (SSSR count). The third kappa shape index (κ3) is 3.00. The first-order valence-corrected chi connectivity index (χ1v) is 7.56. The number of aliphatic hydroxyl groups excluding tert-OH is 1. The van der Waals surface area contributed by atoms with Crippen molar-refractivity contribution in [3.05, 3.63) is 71.8 Å². The van der Waals surface area contributed by atoms with Crippen molar-refractivity contribution < 1.29 is 5.11 Å². The van der Waals surface area contributed by atoms with Crippen LogP contribution in [0.25, 0.3) is 0 Å². The molecule has 0 aromatic heterocycles. The smallest absolute Gasteiger partial charge is 0.0719 e. The first kappa shape index (κ1) is 14.3. The average molecular weight is 282 g/mol. The predicted molar refractivity (Wildman–Crippen MR) is 84.6 cm³/mol. The Hall–Kier alpha value is -1.68. The minimum atomic E-state index is -0.394. The van der Waals surface area contributed by atoms with Gasteiger partial charge in [-0.15, -0.1) is 0 Å². The Morgan fingerprint density at radius 3 is 1.95 bits per heavy atom. The van der Waals surface area contributed by atoms with Crippen molar-refractivity contribution in [2.45, 2.75) is 30.9 Å². The second-order valence-electron chi connectivity index (χ2n) is 5.74. The maximum absolute atomic E-state index is 10.5. The van der Waals surface area contributed by atoms with Gasteiger partial charge in [0.1, 0.15) is 0 Å². The Labute approximate surface area is 126 Å². The van der Waals surface area contributed by atoms with Crippen molar-refractivity contribution in [2.75, 3.05) is 6.54 Å². The molecule has 3 nitrogen and oxygen atoms in total. The fraction of sp³-hybridized carbons (Fsp3) is 0.333. The number of hydrogen-bond donors (Lipinski definition) is 2. The first-order valence-electron chi connectivity index (χ1n) is 7.56. The van der Waals surface area contributed by atoms with Gasteiger partial charge in [0.05, 0.1) is 12.1 Å². The van der Waals surface area contributed by atoms with Crippen molar-refractivity contribution in [3.8, 4) is 0 Å². The standard InChI is InChI=1S/C18H22N2O/c19-20-13-7-12-16(21)18(20)17(14-8-3-1-4-9-14)15-10-5-2-6-11-15/h1-6,8-11,16-18,21H,7,12-13,19H2. The summed E-state index contributed by atoms with van der Waals surface area (Å²) in [6, 6.07) is 20.6. The van der Waals surface area contributed by atoms with Gasteiger partial charge in [-0.05, 0) is 24.0 Å². The largest absolute Gasteiger partial charge is 0.391 e. The molecule has 2 unspecified atom stereocenters. The highest BCUT2D eigenvalue weighted by atomic mass is 16.3. The van der Waals surface area contributed by atoms with Crippen LogP contribution >= 0.6 is 0 Å². The summed E-state index contributed by atoms with van der Waals surface area (Å²) in [4.78, 5) is 0. The summed E-state index contributed by atoms with van der Waals surface area (Å²) >= 11 is 0. The van der Waals surface area contributed by atoms with Crippen molar-refractivity contribution >= 4 is 0 Å². The van der Waals surface area contributed by atoms with Crippen LogP contribution in [-0.4, -0.2) is 28.8 Å². The zero-order valence-electron chi connectivity index (χ0n) is 12.1. The van der Waals surface area contributed by atoms with E-state index >= 15 is 0 Å². The molecule has 0 spiro atoms. The lowest BCUT2D eigenvalue weighted by atomic mass is 9.80. The van der Waals surface area contributed by atoms with E-state index in [2.05, 4.69) is 24.3 Å². The molecule has 0 aliphatic carbocycles. The van der Waals surface area contributed by atoms with Crippen LogP contribution in [0.1, 0.15) is 29.9 Å². The monoisotopic (exact) mass is 282 g/mol. The van der Waals surface area contributed by atoms with Gasteiger partial charge in [0.15, 0.2) is 0 Å². The van der Waals surface area contributed by atoms with E-state index in [1.165, 1.54) is 11.1 Å². The summed E-state index contributed by atoms with van der Waals surface area (Å²) in [5, 5.41) is 12.3. The number of benzene rings is 2. The summed E-state index contributed by atoms with van der Waals surface area (Å²) in [6.45, 7) is 0.831. The Bertz CT molecular complexity index is 508. The van der Waals surface area contributed by atoms with Gasteiger partial charge in [-0.3, -0.25) is 5.84 Å². The van der Waals surface area contributed by atoms with Crippen LogP contribution in [0, 0.1) is 0 Å². The zero-order chi connectivity index (χ0) is 14.7. The molecule has 1 aliphatic heterocycles. The molecule has 1 aliphatic rings. The molecule has 3 N–H and O–H groups in total. The maximum Gasteiger partial charge on any atom is 0.0719 e. The minimum absolute atomic E-state index is 0.0800. The van der Waals surface area contributed by atoms with E-state index in [4.69, 9.17) is 5.84 Å². The van der Waals surface area contributed by atoms with Gasteiger partial charge in [0, 0.05) is 12.5 Å². The van der Waals surface area contributed by atoms with Crippen molar-refractivity contribution in [1.29, 1.82) is 0 Å². The lowest BCUT2D eigenvalue weighted by Crippen LogP contribution is -2.54. The summed E-state index contributed by atoms with van der Waals surface area (Å²) in [5.41, 5.74) is 2.40. The highest BCUT2D eigenvalue weighted by Crippen LogP contribution is 2.34. The van der Waals surface area contributed by atoms with Crippen LogP contribution in [0.2, 0.25) is 0 Å². The number of nitrogens with zero attached hydrogens (tertiary/aromatic N) is 1. The minimum Gasteiger partial charge on any atom is -0.391 e. The molecule has 1 saturated heterocycles. The normalized spacial score (nSPS) is 23.4. The van der Waals surface area contributed by atoms with E-state index in [1.54, 1.807) is 0 Å². The topological polar surface area (TPSA) is 49.5 Å². The Balaban J connectivity index is 2.04. The summed E-state index contributed by atoms with van der Waals surface area (Å²) < 4.78 is 0. The van der Waals surface area contributed by atoms with Gasteiger partial charge < -0.3 is 5.11 Å². The molecule has 3 heteroatoms. The number of aliphatic hydroxyl groups is 1. The number of hydrazine groups is 1. The second-order valence-corrected chi connectivity index (χ2v) is 5.74. The van der Waals surface area contributed by atoms with Gasteiger partial charge in [0.2, 0.25) is 0 Å². The molecule has 0 amide bonds. The molecule has 0 saturated carbocycles. The molecule has 0 bridgehead atoms. The number of rotatable bonds is 3. The van der Waals surface area contributed by atoms with Crippen LogP contribution in [0.15, 0.2) is 60.7 Å². The van der Waals surface area contributed by atoms with Crippen molar-refractivity contribution in [2.24, 2.45) is 5.84 Å². The molecule has 2 aromatic rings. The third-order valence-electron chi connectivity index (χ3n) is 4.35. The van der Waals surface area contributed by atoms with E-state index in [1.807, 2.05) is 41.4 Å². The van der Waals surface area contributed by atoms with Crippen LogP contribution < -0.4 is 5.84 Å². The summed E-state index contributed by atoms with van der Waals surface area (Å²) in [6.07, 6.45) is 1.37. The Morgan fingerprint density at radius 2 is 1.48 bits per heavy atom. The molecular weight excluding hydrogens is 260 g/mol. The first-order chi connectivity index (χ1) is 10.3. The summed E-state index contributed by atoms with van der Waals surface area (Å²) in [7, 11) is 0. The molecular formula is C18H22N2O. The average Bonchev–Trinajstić information content (AvgIpc) is 2.53. The highest BCUT2D eigenvalue weighted by molar-refractivity contribution is 5.35. The van der Waals surface area contributed by atoms with Gasteiger partial charge in [-0.1, -0.05) is 60.7 Å². The quantitative estimate of drug-likeness (QED) is 0.851. The van der Waals surface area contributed by atoms with E-state index in [-0.39, 0.29) is 12.0 Å². The van der Waals surface area contributed by atoms with Gasteiger partial charge in [0.25, 0.3) is 0 Å². The number of hydrogen-bond acceptors (Lipinski definition) is 3. The summed E-state index contributed by atoms with van der Waals surface area (Å²) in [5.74, 6) is 6.31. The lowest BCUT2D eigenvalue weighted by molar-refractivity contribution is 0.00262. The van der Waals surface area contributed by atoms with E-state index in [0.717, 1.165) is 19.4 Å². The molecule has 1 fully saturated rings. The third-order valence-corrected chi connectivity index (χ3v) is 4.35. The van der Waals surface area contributed by atoms with Crippen LogP contribution in [0.3, 0.4) is 0 Å². The van der Waals surface area contributed by atoms with Crippen LogP contribution in [-0.2, 0) is 0 Å². The van der Waals surface area contributed by atoms with E-state index in [9.17, 15) is 5.11 Å². The molecule has 0 radical (unpaired) electrons. The second kappa shape index (κ2) is 6.39. The van der Waals surface area contributed by atoms with Crippen molar-refractivity contribution in [1.82, 2.24) is 5.01 Å². The van der Waals surface area contributed by atoms with Crippen LogP contribution in [0.4, 0.5) is 0 Å². The van der Waals surface area contributed by atoms with Gasteiger partial charge in [-0.25, -0.2) is 5.01 Å². The SMILES string of the molecule is NN1CCCC(O)C1C(c1ccccc1)c1ccccc1. The lowest BCUT2D eigenvalue weighted by Gasteiger charge is -2.41. The Kier molecular flexibility index (Phi) is 4.34. The van der Waals surface area contributed by atoms with Crippen LogP contribution in [0.5, 0.6) is 0 Å². The van der Waals surface area contributed by atoms with E-state index in [0.29, 0.717) is 0 Å². The fourth-order valence-corrected chi connectivity index (χ4v) is 3.35.